The molecule has 15 heavy (non-hydrogen) atoms. The maximum absolute atomic E-state index is 9.82. The molecule has 0 unspecified atom stereocenters. The first-order valence-electron chi connectivity index (χ1n) is 5.34. The number of phenolic OH excluding ortho intramolecular Hbond substituents is 1. The zero-order valence-corrected chi connectivity index (χ0v) is 8.98. The summed E-state index contributed by atoms with van der Waals surface area (Å²) < 4.78 is 0. The molecule has 0 aromatic heterocycles. The van der Waals surface area contributed by atoms with Crippen molar-refractivity contribution in [3.63, 3.8) is 0 Å². The van der Waals surface area contributed by atoms with E-state index in [4.69, 9.17) is 0 Å². The van der Waals surface area contributed by atoms with E-state index < -0.39 is 5.60 Å². The summed E-state index contributed by atoms with van der Waals surface area (Å²) in [6.07, 6.45) is 1.50. The number of rotatable bonds is 1. The molecule has 0 atom stereocenters. The van der Waals surface area contributed by atoms with Crippen LogP contribution in [0, 0.1) is 0 Å². The van der Waals surface area contributed by atoms with Gasteiger partial charge in [-0.3, -0.25) is 0 Å². The second kappa shape index (κ2) is 3.74. The van der Waals surface area contributed by atoms with E-state index in [1.165, 1.54) is 0 Å². The molecule has 0 radical (unpaired) electrons. The van der Waals surface area contributed by atoms with Crippen LogP contribution in [0.5, 0.6) is 5.75 Å². The first kappa shape index (κ1) is 10.3. The predicted octanol–water partition coefficient (Wildman–Crippen LogP) is 1.74. The molecule has 2 rings (SSSR count). The highest BCUT2D eigenvalue weighted by Gasteiger charge is 2.27. The van der Waals surface area contributed by atoms with E-state index in [1.54, 1.807) is 6.07 Å². The average Bonchev–Trinajstić information content (AvgIpc) is 2.19. The van der Waals surface area contributed by atoms with Crippen molar-refractivity contribution in [1.82, 2.24) is 0 Å². The standard InChI is InChI=1S/C12H17NO2/c1-12(15)6-8-13(9-7-12)10-4-2-3-5-11(10)14/h2-5,14-15H,6-9H2,1H3. The SMILES string of the molecule is CC1(O)CCN(c2ccccc2O)CC1. The van der Waals surface area contributed by atoms with Crippen LogP contribution in [0.15, 0.2) is 24.3 Å². The number of nitrogens with zero attached hydrogens (tertiary/aromatic N) is 1. The Bertz CT molecular complexity index is 339. The van der Waals surface area contributed by atoms with Crippen LogP contribution >= 0.6 is 0 Å². The highest BCUT2D eigenvalue weighted by molar-refractivity contribution is 5.57. The zero-order chi connectivity index (χ0) is 10.9. The van der Waals surface area contributed by atoms with Gasteiger partial charge in [0.1, 0.15) is 5.75 Å². The molecule has 3 nitrogen and oxygen atoms in total. The van der Waals surface area contributed by atoms with Gasteiger partial charge in [-0.15, -0.1) is 0 Å². The van der Waals surface area contributed by atoms with Crippen molar-refractivity contribution in [2.24, 2.45) is 0 Å². The van der Waals surface area contributed by atoms with Crippen molar-refractivity contribution in [2.75, 3.05) is 18.0 Å². The molecule has 1 heterocycles. The van der Waals surface area contributed by atoms with Gasteiger partial charge in [-0.05, 0) is 31.9 Å². The van der Waals surface area contributed by atoms with Gasteiger partial charge in [0.25, 0.3) is 0 Å². The molecule has 82 valence electrons. The fourth-order valence-electron chi connectivity index (χ4n) is 1.96. The Kier molecular flexibility index (Phi) is 2.57. The van der Waals surface area contributed by atoms with Gasteiger partial charge in [-0.2, -0.15) is 0 Å². The lowest BCUT2D eigenvalue weighted by molar-refractivity contribution is 0.0350. The van der Waals surface area contributed by atoms with Gasteiger partial charge in [0.05, 0.1) is 11.3 Å². The molecule has 0 saturated carbocycles. The van der Waals surface area contributed by atoms with Crippen LogP contribution in [-0.4, -0.2) is 28.9 Å². The van der Waals surface area contributed by atoms with Crippen LogP contribution in [-0.2, 0) is 0 Å². The van der Waals surface area contributed by atoms with Gasteiger partial charge in [-0.1, -0.05) is 12.1 Å². The molecule has 1 aromatic rings. The third-order valence-electron chi connectivity index (χ3n) is 3.06. The Labute approximate surface area is 90.0 Å². The third kappa shape index (κ3) is 2.23. The Morgan fingerprint density at radius 2 is 1.80 bits per heavy atom. The van der Waals surface area contributed by atoms with Crippen molar-refractivity contribution in [1.29, 1.82) is 0 Å². The second-order valence-corrected chi connectivity index (χ2v) is 4.47. The Morgan fingerprint density at radius 3 is 2.40 bits per heavy atom. The minimum atomic E-state index is -0.541. The lowest BCUT2D eigenvalue weighted by Gasteiger charge is -2.37. The van der Waals surface area contributed by atoms with Gasteiger partial charge in [0.15, 0.2) is 0 Å². The molecule has 1 saturated heterocycles. The van der Waals surface area contributed by atoms with E-state index in [2.05, 4.69) is 4.90 Å². The largest absolute Gasteiger partial charge is 0.506 e. The predicted molar refractivity (Wildman–Crippen MR) is 60.2 cm³/mol. The number of piperidine rings is 1. The van der Waals surface area contributed by atoms with Crippen molar-refractivity contribution in [2.45, 2.75) is 25.4 Å². The summed E-state index contributed by atoms with van der Waals surface area (Å²) in [5.74, 6) is 0.319. The summed E-state index contributed by atoms with van der Waals surface area (Å²) in [4.78, 5) is 2.12. The fraction of sp³-hybridized carbons (Fsp3) is 0.500. The molecule has 0 bridgehead atoms. The van der Waals surface area contributed by atoms with E-state index in [0.717, 1.165) is 31.6 Å². The van der Waals surface area contributed by atoms with Crippen molar-refractivity contribution < 1.29 is 10.2 Å². The molecule has 1 aliphatic rings. The van der Waals surface area contributed by atoms with Crippen molar-refractivity contribution in [3.05, 3.63) is 24.3 Å². The van der Waals surface area contributed by atoms with E-state index >= 15 is 0 Å². The number of anilines is 1. The minimum Gasteiger partial charge on any atom is -0.506 e. The number of phenols is 1. The molecule has 1 fully saturated rings. The number of aliphatic hydroxyl groups is 1. The Balaban J connectivity index is 2.11. The van der Waals surface area contributed by atoms with Crippen molar-refractivity contribution in [3.8, 4) is 5.75 Å². The zero-order valence-electron chi connectivity index (χ0n) is 8.98. The Hall–Kier alpha value is -1.22. The summed E-state index contributed by atoms with van der Waals surface area (Å²) in [6, 6.07) is 7.35. The molecule has 2 N–H and O–H groups in total. The van der Waals surface area contributed by atoms with Gasteiger partial charge >= 0.3 is 0 Å². The smallest absolute Gasteiger partial charge is 0.138 e. The lowest BCUT2D eigenvalue weighted by atomic mass is 9.93. The van der Waals surface area contributed by atoms with Crippen LogP contribution in [0.25, 0.3) is 0 Å². The van der Waals surface area contributed by atoms with Gasteiger partial charge in [0.2, 0.25) is 0 Å². The van der Waals surface area contributed by atoms with Crippen molar-refractivity contribution >= 4 is 5.69 Å². The molecular weight excluding hydrogens is 190 g/mol. The van der Waals surface area contributed by atoms with E-state index in [0.29, 0.717) is 5.75 Å². The Morgan fingerprint density at radius 1 is 1.20 bits per heavy atom. The van der Waals surface area contributed by atoms with Gasteiger partial charge < -0.3 is 15.1 Å². The average molecular weight is 207 g/mol. The molecule has 1 aromatic carbocycles. The number of hydrogen-bond donors (Lipinski definition) is 2. The number of benzene rings is 1. The summed E-state index contributed by atoms with van der Waals surface area (Å²) in [7, 11) is 0. The quantitative estimate of drug-likeness (QED) is 0.737. The number of hydrogen-bond acceptors (Lipinski definition) is 3. The summed E-state index contributed by atoms with van der Waals surface area (Å²) >= 11 is 0. The second-order valence-electron chi connectivity index (χ2n) is 4.47. The van der Waals surface area contributed by atoms with E-state index in [-0.39, 0.29) is 0 Å². The summed E-state index contributed by atoms with van der Waals surface area (Å²) in [5, 5.41) is 19.5. The third-order valence-corrected chi connectivity index (χ3v) is 3.06. The van der Waals surface area contributed by atoms with Crippen LogP contribution in [0.1, 0.15) is 19.8 Å². The minimum absolute atomic E-state index is 0.319. The van der Waals surface area contributed by atoms with Crippen LogP contribution < -0.4 is 4.90 Å². The summed E-state index contributed by atoms with van der Waals surface area (Å²) in [6.45, 7) is 3.46. The van der Waals surface area contributed by atoms with E-state index in [9.17, 15) is 10.2 Å². The highest BCUT2D eigenvalue weighted by atomic mass is 16.3. The lowest BCUT2D eigenvalue weighted by Crippen LogP contribution is -2.42. The van der Waals surface area contributed by atoms with Crippen LogP contribution in [0.4, 0.5) is 5.69 Å². The molecule has 1 aliphatic heterocycles. The number of aromatic hydroxyl groups is 1. The molecular formula is C12H17NO2. The monoisotopic (exact) mass is 207 g/mol. The molecule has 3 heteroatoms. The van der Waals surface area contributed by atoms with Crippen LogP contribution in [0.2, 0.25) is 0 Å². The summed E-state index contributed by atoms with van der Waals surface area (Å²) in [5.41, 5.74) is 0.328. The van der Waals surface area contributed by atoms with Gasteiger partial charge in [0, 0.05) is 13.1 Å². The normalized spacial score (nSPS) is 20.3. The highest BCUT2D eigenvalue weighted by Crippen LogP contribution is 2.31. The molecule has 0 amide bonds. The fourth-order valence-corrected chi connectivity index (χ4v) is 1.96. The molecule has 0 aliphatic carbocycles. The first-order chi connectivity index (χ1) is 7.08. The van der Waals surface area contributed by atoms with Crippen LogP contribution in [0.3, 0.4) is 0 Å². The van der Waals surface area contributed by atoms with Gasteiger partial charge in [-0.25, -0.2) is 0 Å². The van der Waals surface area contributed by atoms with E-state index in [1.807, 2.05) is 25.1 Å². The first-order valence-corrected chi connectivity index (χ1v) is 5.34. The maximum atomic E-state index is 9.82. The number of para-hydroxylation sites is 2. The topological polar surface area (TPSA) is 43.7 Å². The maximum Gasteiger partial charge on any atom is 0.138 e. The molecule has 0 spiro atoms.